The lowest BCUT2D eigenvalue weighted by atomic mass is 9.96. The molecule has 2 heterocycles. The number of carbonyl (C=O) groups excluding carboxylic acids is 2. The van der Waals surface area contributed by atoms with Gasteiger partial charge in [0.2, 0.25) is 11.8 Å². The zero-order valence-electron chi connectivity index (χ0n) is 11.6. The fraction of sp³-hybridized carbons (Fsp3) is 0.571. The minimum Gasteiger partial charge on any atom is -0.469 e. The van der Waals surface area contributed by atoms with Crippen LogP contribution >= 0.6 is 0 Å². The Hall–Kier alpha value is -1.78. The van der Waals surface area contributed by atoms with Gasteiger partial charge in [-0.15, -0.1) is 0 Å². The van der Waals surface area contributed by atoms with Crippen molar-refractivity contribution in [1.82, 2.24) is 10.2 Å². The number of carbonyl (C=O) groups is 2. The highest BCUT2D eigenvalue weighted by atomic mass is 16.3. The van der Waals surface area contributed by atoms with Crippen molar-refractivity contribution in [3.8, 4) is 0 Å². The summed E-state index contributed by atoms with van der Waals surface area (Å²) in [4.78, 5) is 25.8. The van der Waals surface area contributed by atoms with Gasteiger partial charge < -0.3 is 14.6 Å². The van der Waals surface area contributed by atoms with Crippen LogP contribution in [0.15, 0.2) is 22.8 Å². The van der Waals surface area contributed by atoms with Gasteiger partial charge in [0.1, 0.15) is 11.8 Å². The predicted octanol–water partition coefficient (Wildman–Crippen LogP) is 1.19. The highest BCUT2D eigenvalue weighted by molar-refractivity contribution is 5.95. The zero-order valence-corrected chi connectivity index (χ0v) is 11.6. The van der Waals surface area contributed by atoms with Gasteiger partial charge in [-0.2, -0.15) is 0 Å². The van der Waals surface area contributed by atoms with Gasteiger partial charge >= 0.3 is 0 Å². The van der Waals surface area contributed by atoms with Crippen molar-refractivity contribution in [3.63, 3.8) is 0 Å². The van der Waals surface area contributed by atoms with Gasteiger partial charge in [-0.25, -0.2) is 0 Å². The van der Waals surface area contributed by atoms with E-state index in [1.54, 1.807) is 11.2 Å². The summed E-state index contributed by atoms with van der Waals surface area (Å²) in [5, 5.41) is 2.65. The summed E-state index contributed by atoms with van der Waals surface area (Å²) in [5.74, 6) is 0.815. The molecule has 2 amide bonds. The number of piperazine rings is 1. The fourth-order valence-corrected chi connectivity index (χ4v) is 2.60. The molecular formula is C14H20N2O3. The molecule has 1 fully saturated rings. The summed E-state index contributed by atoms with van der Waals surface area (Å²) < 4.78 is 5.31. The lowest BCUT2D eigenvalue weighted by Crippen LogP contribution is -2.63. The van der Waals surface area contributed by atoms with E-state index in [1.165, 1.54) is 0 Å². The summed E-state index contributed by atoms with van der Waals surface area (Å²) >= 11 is 0. The van der Waals surface area contributed by atoms with Crippen molar-refractivity contribution in [3.05, 3.63) is 24.2 Å². The maximum atomic E-state index is 12.1. The topological polar surface area (TPSA) is 62.6 Å². The Labute approximate surface area is 113 Å². The van der Waals surface area contributed by atoms with Crippen LogP contribution in [0.25, 0.3) is 0 Å². The third kappa shape index (κ3) is 2.80. The first-order chi connectivity index (χ1) is 9.00. The molecule has 5 heteroatoms. The van der Waals surface area contributed by atoms with Gasteiger partial charge in [-0.05, 0) is 25.0 Å². The SMILES string of the molecule is CC(C)C1C(=O)NCC(=O)N1C(C)Cc1ccco1. The maximum absolute atomic E-state index is 12.1. The van der Waals surface area contributed by atoms with Gasteiger partial charge in [0.25, 0.3) is 0 Å². The Kier molecular flexibility index (Phi) is 3.93. The predicted molar refractivity (Wildman–Crippen MR) is 70.4 cm³/mol. The first-order valence-electron chi connectivity index (χ1n) is 6.62. The van der Waals surface area contributed by atoms with Gasteiger partial charge in [0.05, 0.1) is 12.8 Å². The van der Waals surface area contributed by atoms with Crippen molar-refractivity contribution < 1.29 is 14.0 Å². The molecular weight excluding hydrogens is 244 g/mol. The van der Waals surface area contributed by atoms with E-state index in [4.69, 9.17) is 4.42 Å². The van der Waals surface area contributed by atoms with Crippen LogP contribution in [0.2, 0.25) is 0 Å². The number of nitrogens with zero attached hydrogens (tertiary/aromatic N) is 1. The molecule has 1 aliphatic rings. The van der Waals surface area contributed by atoms with Crippen LogP contribution in [-0.2, 0) is 16.0 Å². The Bertz CT molecular complexity index is 453. The molecule has 19 heavy (non-hydrogen) atoms. The molecule has 1 aliphatic heterocycles. The van der Waals surface area contributed by atoms with Crippen LogP contribution in [0, 0.1) is 5.92 Å². The standard InChI is InChI=1S/C14H20N2O3/c1-9(2)13-14(18)15-8-12(17)16(13)10(3)7-11-5-4-6-19-11/h4-6,9-10,13H,7-8H2,1-3H3,(H,15,18). The van der Waals surface area contributed by atoms with Crippen molar-refractivity contribution in [2.75, 3.05) is 6.54 Å². The van der Waals surface area contributed by atoms with Gasteiger partial charge in [-0.3, -0.25) is 9.59 Å². The summed E-state index contributed by atoms with van der Waals surface area (Å²) in [6, 6.07) is 3.26. The van der Waals surface area contributed by atoms with Crippen molar-refractivity contribution in [2.24, 2.45) is 5.92 Å². The Morgan fingerprint density at radius 3 is 2.74 bits per heavy atom. The second kappa shape index (κ2) is 5.47. The molecule has 0 saturated carbocycles. The second-order valence-corrected chi connectivity index (χ2v) is 5.34. The van der Waals surface area contributed by atoms with Crippen LogP contribution in [0.3, 0.4) is 0 Å². The smallest absolute Gasteiger partial charge is 0.243 e. The number of hydrogen-bond donors (Lipinski definition) is 1. The van der Waals surface area contributed by atoms with Gasteiger partial charge in [0.15, 0.2) is 0 Å². The molecule has 5 nitrogen and oxygen atoms in total. The third-order valence-corrected chi connectivity index (χ3v) is 3.45. The summed E-state index contributed by atoms with van der Waals surface area (Å²) in [5.41, 5.74) is 0. The molecule has 1 saturated heterocycles. The van der Waals surface area contributed by atoms with Crippen molar-refractivity contribution in [1.29, 1.82) is 0 Å². The first kappa shape index (κ1) is 13.6. The average Bonchev–Trinajstić information content (AvgIpc) is 2.83. The van der Waals surface area contributed by atoms with Gasteiger partial charge in [-0.1, -0.05) is 13.8 Å². The van der Waals surface area contributed by atoms with Crippen molar-refractivity contribution >= 4 is 11.8 Å². The average molecular weight is 264 g/mol. The van der Waals surface area contributed by atoms with E-state index in [9.17, 15) is 9.59 Å². The molecule has 1 aromatic heterocycles. The molecule has 104 valence electrons. The largest absolute Gasteiger partial charge is 0.469 e. The molecule has 1 N–H and O–H groups in total. The van der Waals surface area contributed by atoms with E-state index in [0.29, 0.717) is 6.42 Å². The van der Waals surface area contributed by atoms with Crippen LogP contribution in [0.4, 0.5) is 0 Å². The molecule has 1 aromatic rings. The number of nitrogens with one attached hydrogen (secondary N) is 1. The highest BCUT2D eigenvalue weighted by Crippen LogP contribution is 2.20. The lowest BCUT2D eigenvalue weighted by molar-refractivity contribution is -0.149. The molecule has 0 aromatic carbocycles. The normalized spacial score (nSPS) is 21.7. The van der Waals surface area contributed by atoms with E-state index >= 15 is 0 Å². The Balaban J connectivity index is 2.17. The zero-order chi connectivity index (χ0) is 14.0. The summed E-state index contributed by atoms with van der Waals surface area (Å²) in [7, 11) is 0. The van der Waals surface area contributed by atoms with E-state index < -0.39 is 6.04 Å². The van der Waals surface area contributed by atoms with Crippen molar-refractivity contribution in [2.45, 2.75) is 39.3 Å². The molecule has 2 atom stereocenters. The van der Waals surface area contributed by atoms with Gasteiger partial charge in [0, 0.05) is 12.5 Å². The summed E-state index contributed by atoms with van der Waals surface area (Å²) in [6.45, 7) is 5.95. The van der Waals surface area contributed by atoms with Crippen LogP contribution in [-0.4, -0.2) is 35.3 Å². The first-order valence-corrected chi connectivity index (χ1v) is 6.62. The molecule has 0 spiro atoms. The van der Waals surface area contributed by atoms with E-state index in [2.05, 4.69) is 5.32 Å². The maximum Gasteiger partial charge on any atom is 0.243 e. The fourth-order valence-electron chi connectivity index (χ4n) is 2.60. The lowest BCUT2D eigenvalue weighted by Gasteiger charge is -2.40. The van der Waals surface area contributed by atoms with E-state index in [0.717, 1.165) is 5.76 Å². The minimum atomic E-state index is -0.397. The van der Waals surface area contributed by atoms with E-state index in [1.807, 2.05) is 32.9 Å². The molecule has 0 bridgehead atoms. The Morgan fingerprint density at radius 2 is 2.16 bits per heavy atom. The number of hydrogen-bond acceptors (Lipinski definition) is 3. The van der Waals surface area contributed by atoms with Crippen LogP contribution in [0.5, 0.6) is 0 Å². The quantitative estimate of drug-likeness (QED) is 0.888. The minimum absolute atomic E-state index is 0.0302. The van der Waals surface area contributed by atoms with E-state index in [-0.39, 0.29) is 30.3 Å². The summed E-state index contributed by atoms with van der Waals surface area (Å²) in [6.07, 6.45) is 2.24. The Morgan fingerprint density at radius 1 is 1.42 bits per heavy atom. The molecule has 2 unspecified atom stereocenters. The van der Waals surface area contributed by atoms with Crippen LogP contribution < -0.4 is 5.32 Å². The monoisotopic (exact) mass is 264 g/mol. The molecule has 0 radical (unpaired) electrons. The number of furan rings is 1. The number of rotatable bonds is 4. The molecule has 0 aliphatic carbocycles. The third-order valence-electron chi connectivity index (χ3n) is 3.45. The highest BCUT2D eigenvalue weighted by Gasteiger charge is 2.39. The van der Waals surface area contributed by atoms with Crippen LogP contribution in [0.1, 0.15) is 26.5 Å². The number of amides is 2. The second-order valence-electron chi connectivity index (χ2n) is 5.34. The molecule has 2 rings (SSSR count).